The maximum Gasteiger partial charge on any atom is 0.306 e. The molecule has 3 heteroatoms. The van der Waals surface area contributed by atoms with Gasteiger partial charge < -0.3 is 9.84 Å². The van der Waals surface area contributed by atoms with Crippen LogP contribution in [0.15, 0.2) is 30.3 Å². The van der Waals surface area contributed by atoms with Crippen molar-refractivity contribution in [2.45, 2.75) is 77.4 Å². The zero-order valence-electron chi connectivity index (χ0n) is 13.8. The normalized spacial score (nSPS) is 12.1. The van der Waals surface area contributed by atoms with E-state index in [-0.39, 0.29) is 12.1 Å². The summed E-state index contributed by atoms with van der Waals surface area (Å²) < 4.78 is 5.20. The van der Waals surface area contributed by atoms with Gasteiger partial charge in [-0.15, -0.1) is 0 Å². The minimum Gasteiger partial charge on any atom is -0.461 e. The third-order valence-electron chi connectivity index (χ3n) is 3.82. The van der Waals surface area contributed by atoms with Crippen LogP contribution in [0.2, 0.25) is 0 Å². The lowest BCUT2D eigenvalue weighted by Gasteiger charge is -2.10. The second-order valence-corrected chi connectivity index (χ2v) is 5.90. The summed E-state index contributed by atoms with van der Waals surface area (Å²) in [5, 5.41) is 9.88. The van der Waals surface area contributed by atoms with Crippen LogP contribution < -0.4 is 0 Å². The third kappa shape index (κ3) is 9.56. The van der Waals surface area contributed by atoms with Crippen LogP contribution >= 0.6 is 0 Å². The molecule has 1 unspecified atom stereocenters. The topological polar surface area (TPSA) is 46.5 Å². The molecular formula is C19H30O3. The van der Waals surface area contributed by atoms with Gasteiger partial charge in [0.15, 0.2) is 0 Å². The van der Waals surface area contributed by atoms with Crippen molar-refractivity contribution in [2.24, 2.45) is 0 Å². The monoisotopic (exact) mass is 306 g/mol. The van der Waals surface area contributed by atoms with Crippen LogP contribution in [0.5, 0.6) is 0 Å². The molecule has 0 aliphatic heterocycles. The van der Waals surface area contributed by atoms with E-state index in [2.05, 4.69) is 6.92 Å². The molecule has 1 aromatic carbocycles. The lowest BCUT2D eigenvalue weighted by Crippen LogP contribution is -2.11. The fourth-order valence-electron chi connectivity index (χ4n) is 2.40. The van der Waals surface area contributed by atoms with Crippen LogP contribution in [-0.2, 0) is 16.1 Å². The fourth-order valence-corrected chi connectivity index (χ4v) is 2.40. The molecule has 0 fully saturated rings. The molecule has 22 heavy (non-hydrogen) atoms. The van der Waals surface area contributed by atoms with E-state index in [1.54, 1.807) is 0 Å². The molecule has 3 nitrogen and oxygen atoms in total. The average molecular weight is 306 g/mol. The molecule has 0 saturated carbocycles. The first-order chi connectivity index (χ1) is 10.7. The van der Waals surface area contributed by atoms with E-state index in [1.807, 2.05) is 30.3 Å². The fraction of sp³-hybridized carbons (Fsp3) is 0.632. The molecule has 0 aromatic heterocycles. The summed E-state index contributed by atoms with van der Waals surface area (Å²) in [4.78, 5) is 11.6. The van der Waals surface area contributed by atoms with Gasteiger partial charge >= 0.3 is 5.97 Å². The highest BCUT2D eigenvalue weighted by Gasteiger charge is 2.09. The first-order valence-corrected chi connectivity index (χ1v) is 8.60. The van der Waals surface area contributed by atoms with Gasteiger partial charge in [-0.1, -0.05) is 75.8 Å². The Morgan fingerprint density at radius 3 is 2.45 bits per heavy atom. The van der Waals surface area contributed by atoms with Gasteiger partial charge in [-0.2, -0.15) is 0 Å². The van der Waals surface area contributed by atoms with Crippen molar-refractivity contribution in [3.63, 3.8) is 0 Å². The van der Waals surface area contributed by atoms with Gasteiger partial charge in [0.25, 0.3) is 0 Å². The number of carbonyl (C=O) groups is 1. The molecule has 1 atom stereocenters. The highest BCUT2D eigenvalue weighted by molar-refractivity contribution is 5.69. The van der Waals surface area contributed by atoms with E-state index in [9.17, 15) is 9.90 Å². The molecule has 0 saturated heterocycles. The highest BCUT2D eigenvalue weighted by Crippen LogP contribution is 2.12. The number of benzene rings is 1. The molecule has 0 spiro atoms. The molecule has 0 heterocycles. The smallest absolute Gasteiger partial charge is 0.306 e. The van der Waals surface area contributed by atoms with Crippen molar-refractivity contribution in [3.05, 3.63) is 35.9 Å². The van der Waals surface area contributed by atoms with Crippen LogP contribution in [0.3, 0.4) is 0 Å². The number of aliphatic hydroxyl groups excluding tert-OH is 1. The number of esters is 1. The van der Waals surface area contributed by atoms with Gasteiger partial charge in [0.05, 0.1) is 6.10 Å². The molecule has 1 rings (SSSR count). The predicted molar refractivity (Wildman–Crippen MR) is 89.5 cm³/mol. The summed E-state index contributed by atoms with van der Waals surface area (Å²) >= 11 is 0. The van der Waals surface area contributed by atoms with E-state index < -0.39 is 0 Å². The van der Waals surface area contributed by atoms with Gasteiger partial charge in [0.2, 0.25) is 0 Å². The quantitative estimate of drug-likeness (QED) is 0.452. The maximum absolute atomic E-state index is 11.6. The maximum atomic E-state index is 11.6. The van der Waals surface area contributed by atoms with Crippen molar-refractivity contribution in [1.82, 2.24) is 0 Å². The lowest BCUT2D eigenvalue weighted by molar-refractivity contribution is -0.145. The number of aliphatic hydroxyl groups is 1. The first-order valence-electron chi connectivity index (χ1n) is 8.60. The third-order valence-corrected chi connectivity index (χ3v) is 3.82. The summed E-state index contributed by atoms with van der Waals surface area (Å²) in [6.45, 7) is 2.52. The Labute approximate surface area is 134 Å². The Kier molecular flexibility index (Phi) is 10.4. The molecule has 0 amide bonds. The number of hydrogen-bond donors (Lipinski definition) is 1. The minimum atomic E-state index is -0.379. The summed E-state index contributed by atoms with van der Waals surface area (Å²) in [6, 6.07) is 9.64. The second-order valence-electron chi connectivity index (χ2n) is 5.90. The number of unbranched alkanes of at least 4 members (excludes halogenated alkanes) is 5. The Balaban J connectivity index is 2.01. The molecule has 0 radical (unpaired) electrons. The minimum absolute atomic E-state index is 0.231. The van der Waals surface area contributed by atoms with Gasteiger partial charge in [-0.25, -0.2) is 0 Å². The number of hydrogen-bond acceptors (Lipinski definition) is 3. The van der Waals surface area contributed by atoms with E-state index >= 15 is 0 Å². The van der Waals surface area contributed by atoms with Gasteiger partial charge in [-0.05, 0) is 18.4 Å². The summed E-state index contributed by atoms with van der Waals surface area (Å²) in [7, 11) is 0. The number of rotatable bonds is 12. The zero-order valence-corrected chi connectivity index (χ0v) is 13.8. The van der Waals surface area contributed by atoms with Crippen molar-refractivity contribution < 1.29 is 14.6 Å². The summed E-state index contributed by atoms with van der Waals surface area (Å²) in [5.41, 5.74) is 0.989. The van der Waals surface area contributed by atoms with E-state index in [4.69, 9.17) is 4.74 Å². The second kappa shape index (κ2) is 12.2. The summed E-state index contributed by atoms with van der Waals surface area (Å²) in [5.74, 6) is -0.231. The van der Waals surface area contributed by atoms with Crippen LogP contribution in [0.4, 0.5) is 0 Å². The van der Waals surface area contributed by atoms with E-state index in [0.29, 0.717) is 19.4 Å². The molecule has 0 aliphatic carbocycles. The molecule has 1 N–H and O–H groups in total. The average Bonchev–Trinajstić information content (AvgIpc) is 2.55. The number of ether oxygens (including phenoxy) is 1. The summed E-state index contributed by atoms with van der Waals surface area (Å²) in [6.07, 6.45) is 8.53. The molecule has 0 bridgehead atoms. The first kappa shape index (κ1) is 18.7. The van der Waals surface area contributed by atoms with Crippen molar-refractivity contribution in [1.29, 1.82) is 0 Å². The van der Waals surface area contributed by atoms with E-state index in [0.717, 1.165) is 18.4 Å². The predicted octanol–water partition coefficient (Wildman–Crippen LogP) is 4.62. The molecule has 124 valence electrons. The van der Waals surface area contributed by atoms with Crippen LogP contribution in [0.1, 0.15) is 70.3 Å². The van der Waals surface area contributed by atoms with Crippen molar-refractivity contribution >= 4 is 5.97 Å². The standard InChI is InChI=1S/C19H30O3/c1-2-3-4-5-6-10-13-18(20)14-15-19(21)22-16-17-11-8-7-9-12-17/h7-9,11-12,18,20H,2-6,10,13-16H2,1H3. The largest absolute Gasteiger partial charge is 0.461 e. The number of carbonyl (C=O) groups excluding carboxylic acids is 1. The highest BCUT2D eigenvalue weighted by atomic mass is 16.5. The molecule has 1 aromatic rings. The molecule has 0 aliphatic rings. The molecular weight excluding hydrogens is 276 g/mol. The van der Waals surface area contributed by atoms with Gasteiger partial charge in [-0.3, -0.25) is 4.79 Å². The van der Waals surface area contributed by atoms with Crippen LogP contribution in [-0.4, -0.2) is 17.2 Å². The van der Waals surface area contributed by atoms with Gasteiger partial charge in [0, 0.05) is 6.42 Å². The van der Waals surface area contributed by atoms with Crippen LogP contribution in [0, 0.1) is 0 Å². The SMILES string of the molecule is CCCCCCCCC(O)CCC(=O)OCc1ccccc1. The Hall–Kier alpha value is -1.35. The van der Waals surface area contributed by atoms with Crippen molar-refractivity contribution in [2.75, 3.05) is 0 Å². The van der Waals surface area contributed by atoms with Crippen LogP contribution in [0.25, 0.3) is 0 Å². The van der Waals surface area contributed by atoms with Gasteiger partial charge in [0.1, 0.15) is 6.61 Å². The van der Waals surface area contributed by atoms with E-state index in [1.165, 1.54) is 32.1 Å². The Morgan fingerprint density at radius 1 is 1.05 bits per heavy atom. The Morgan fingerprint density at radius 2 is 1.73 bits per heavy atom. The Bertz CT molecular complexity index is 389. The lowest BCUT2D eigenvalue weighted by atomic mass is 10.0. The zero-order chi connectivity index (χ0) is 16.0. The van der Waals surface area contributed by atoms with Crippen molar-refractivity contribution in [3.8, 4) is 0 Å².